The smallest absolute Gasteiger partial charge is 0.269 e. The number of nitrogens with one attached hydrogen (secondary N) is 1. The largest absolute Gasteiger partial charge is 0.726 e. The summed E-state index contributed by atoms with van der Waals surface area (Å²) in [5.41, 5.74) is 4.05. The van der Waals surface area contributed by atoms with E-state index in [9.17, 15) is 10.1 Å². The van der Waals surface area contributed by atoms with Crippen LogP contribution >= 0.6 is 0 Å². The van der Waals surface area contributed by atoms with Crippen LogP contribution in [-0.4, -0.2) is 22.4 Å². The number of nitro groups is 1. The van der Waals surface area contributed by atoms with Gasteiger partial charge in [0.25, 0.3) is 5.69 Å². The molecule has 0 heterocycles. The normalized spacial score (nSPS) is 14.3. The number of hydrogen-bond acceptors (Lipinski definition) is 5. The lowest BCUT2D eigenvalue weighted by Crippen LogP contribution is -2.68. The molecule has 1 aliphatic rings. The van der Waals surface area contributed by atoms with Gasteiger partial charge in [-0.05, 0) is 25.7 Å². The molecule has 8 nitrogen and oxygen atoms in total. The van der Waals surface area contributed by atoms with Crippen molar-refractivity contribution in [1.82, 2.24) is 0 Å². The standard InChI is InChI=1S/C14H14N2O2.H2O4S/c17-16(18)11-8-6-10(7-9-11)15-14-12-4-2-1-3-5-13(12)14;1-5(2,3)4/h6-9H,1-5H2;(H2,1,2,3,4). The Kier molecular flexibility index (Phi) is 5.24. The summed E-state index contributed by atoms with van der Waals surface area (Å²) in [6, 6.07) is 6.61. The first-order chi connectivity index (χ1) is 10.8. The van der Waals surface area contributed by atoms with Crippen molar-refractivity contribution in [3.05, 3.63) is 50.9 Å². The van der Waals surface area contributed by atoms with E-state index in [0.29, 0.717) is 0 Å². The number of rotatable bonds is 2. The fourth-order valence-corrected chi connectivity index (χ4v) is 2.56. The molecule has 0 radical (unpaired) electrons. The second-order valence-corrected chi connectivity index (χ2v) is 6.10. The van der Waals surface area contributed by atoms with Gasteiger partial charge in [0.1, 0.15) is 0 Å². The van der Waals surface area contributed by atoms with Crippen LogP contribution in [0.3, 0.4) is 0 Å². The van der Waals surface area contributed by atoms with E-state index in [4.69, 9.17) is 17.5 Å². The molecule has 0 unspecified atom stereocenters. The minimum atomic E-state index is -4.92. The molecule has 2 aromatic carbocycles. The number of non-ortho nitro benzene ring substituents is 1. The van der Waals surface area contributed by atoms with Crippen LogP contribution in [0.2, 0.25) is 0 Å². The summed E-state index contributed by atoms with van der Waals surface area (Å²) in [7, 11) is -4.92. The lowest BCUT2D eigenvalue weighted by atomic mass is 10.2. The summed E-state index contributed by atoms with van der Waals surface area (Å²) < 4.78 is 32.8. The first kappa shape index (κ1) is 17.3. The van der Waals surface area contributed by atoms with Gasteiger partial charge < -0.3 is 4.55 Å². The SMILES string of the molecule is O=S(=O)([O-])O.O=[N+]([O-])c1ccc([NH+]=c2c3c2CCCCC3)cc1. The molecule has 0 saturated carbocycles. The zero-order valence-electron chi connectivity index (χ0n) is 12.2. The van der Waals surface area contributed by atoms with Gasteiger partial charge in [0.15, 0.2) is 0 Å². The van der Waals surface area contributed by atoms with Gasteiger partial charge in [-0.15, -0.1) is 0 Å². The third-order valence-corrected chi connectivity index (χ3v) is 3.61. The van der Waals surface area contributed by atoms with Gasteiger partial charge in [-0.2, -0.15) is 0 Å². The van der Waals surface area contributed by atoms with Crippen molar-refractivity contribution in [2.24, 2.45) is 0 Å². The Bertz CT molecular complexity index is 787. The highest BCUT2D eigenvalue weighted by Gasteiger charge is 2.26. The molecule has 1 aliphatic carbocycles. The predicted octanol–water partition coefficient (Wildman–Crippen LogP) is 0.0569. The van der Waals surface area contributed by atoms with E-state index >= 15 is 0 Å². The highest BCUT2D eigenvalue weighted by Crippen LogP contribution is 2.20. The predicted molar refractivity (Wildman–Crippen MR) is 79.3 cm³/mol. The molecular weight excluding hydrogens is 324 g/mol. The number of hydrogen-bond donors (Lipinski definition) is 2. The first-order valence-electron chi connectivity index (χ1n) is 7.05. The second kappa shape index (κ2) is 6.99. The summed E-state index contributed by atoms with van der Waals surface area (Å²) in [6.45, 7) is 0. The Balaban J connectivity index is 0.000000338. The Labute approximate surface area is 132 Å². The van der Waals surface area contributed by atoms with E-state index in [1.54, 1.807) is 12.1 Å². The van der Waals surface area contributed by atoms with Crippen LogP contribution in [0.4, 0.5) is 11.4 Å². The fraction of sp³-hybridized carbons (Fsp3) is 0.357. The Morgan fingerprint density at radius 1 is 1.04 bits per heavy atom. The molecule has 2 N–H and O–H groups in total. The number of fused-ring (bicyclic) bond motifs is 1. The minimum Gasteiger partial charge on any atom is -0.726 e. The van der Waals surface area contributed by atoms with Gasteiger partial charge >= 0.3 is 0 Å². The van der Waals surface area contributed by atoms with Crippen LogP contribution in [0.25, 0.3) is 0 Å². The van der Waals surface area contributed by atoms with Crippen LogP contribution in [0, 0.1) is 10.1 Å². The van der Waals surface area contributed by atoms with Gasteiger partial charge in [-0.3, -0.25) is 14.7 Å². The summed E-state index contributed by atoms with van der Waals surface area (Å²) >= 11 is 0. The highest BCUT2D eigenvalue weighted by atomic mass is 32.3. The summed E-state index contributed by atoms with van der Waals surface area (Å²) in [6.07, 6.45) is 6.27. The summed E-state index contributed by atoms with van der Waals surface area (Å²) in [4.78, 5) is 13.6. The molecule has 23 heavy (non-hydrogen) atoms. The van der Waals surface area contributed by atoms with Crippen molar-refractivity contribution >= 4 is 21.8 Å². The molecule has 3 rings (SSSR count). The number of nitrogens with zero attached hydrogens (tertiary/aromatic N) is 1. The van der Waals surface area contributed by atoms with E-state index in [2.05, 4.69) is 4.99 Å². The van der Waals surface area contributed by atoms with E-state index in [0.717, 1.165) is 5.69 Å². The van der Waals surface area contributed by atoms with Crippen LogP contribution in [-0.2, 0) is 23.2 Å². The van der Waals surface area contributed by atoms with Gasteiger partial charge in [0, 0.05) is 35.4 Å². The van der Waals surface area contributed by atoms with Crippen LogP contribution < -0.4 is 10.3 Å². The first-order valence-corrected chi connectivity index (χ1v) is 8.41. The molecular formula is C14H16N2O6S. The quantitative estimate of drug-likeness (QED) is 0.261. The molecule has 0 saturated heterocycles. The zero-order valence-corrected chi connectivity index (χ0v) is 13.0. The topological polar surface area (TPSA) is 135 Å². The van der Waals surface area contributed by atoms with Crippen molar-refractivity contribution in [1.29, 1.82) is 0 Å². The molecule has 9 heteroatoms. The van der Waals surface area contributed by atoms with E-state index in [-0.39, 0.29) is 10.6 Å². The summed E-state index contributed by atoms with van der Waals surface area (Å²) in [5, 5.41) is 11.8. The Hall–Kier alpha value is -2.10. The molecule has 0 aromatic heterocycles. The van der Waals surface area contributed by atoms with E-state index < -0.39 is 10.4 Å². The van der Waals surface area contributed by atoms with E-state index in [1.165, 1.54) is 60.7 Å². The molecule has 124 valence electrons. The number of nitro benzene ring substituents is 1. The fourth-order valence-electron chi connectivity index (χ4n) is 2.56. The van der Waals surface area contributed by atoms with Crippen molar-refractivity contribution < 1.29 is 27.4 Å². The molecule has 0 amide bonds. The Morgan fingerprint density at radius 3 is 1.96 bits per heavy atom. The lowest BCUT2D eigenvalue weighted by molar-refractivity contribution is -0.400. The molecule has 0 bridgehead atoms. The van der Waals surface area contributed by atoms with Crippen LogP contribution in [0.15, 0.2) is 24.3 Å². The minimum absolute atomic E-state index is 0.135. The maximum atomic E-state index is 10.6. The van der Waals surface area contributed by atoms with Crippen LogP contribution in [0.5, 0.6) is 0 Å². The van der Waals surface area contributed by atoms with Gasteiger partial charge in [0.2, 0.25) is 21.4 Å². The molecule has 0 aliphatic heterocycles. The number of benzene rings is 1. The van der Waals surface area contributed by atoms with Crippen molar-refractivity contribution in [2.45, 2.75) is 32.1 Å². The highest BCUT2D eigenvalue weighted by molar-refractivity contribution is 7.79. The average Bonchev–Trinajstić information content (AvgIpc) is 3.14. The maximum Gasteiger partial charge on any atom is 0.269 e. The van der Waals surface area contributed by atoms with Gasteiger partial charge in [-0.25, -0.2) is 13.4 Å². The molecule has 0 spiro atoms. The van der Waals surface area contributed by atoms with Crippen molar-refractivity contribution in [2.75, 3.05) is 0 Å². The molecule has 0 atom stereocenters. The second-order valence-electron chi connectivity index (χ2n) is 5.25. The lowest BCUT2D eigenvalue weighted by Gasteiger charge is -1.90. The zero-order chi connectivity index (χ0) is 17.0. The summed E-state index contributed by atoms with van der Waals surface area (Å²) in [5.74, 6) is 0. The molecule has 0 fully saturated rings. The van der Waals surface area contributed by atoms with Gasteiger partial charge in [0.05, 0.1) is 4.92 Å². The Morgan fingerprint density at radius 2 is 1.52 bits per heavy atom. The maximum absolute atomic E-state index is 10.6. The van der Waals surface area contributed by atoms with E-state index in [1.807, 2.05) is 0 Å². The third-order valence-electron chi connectivity index (χ3n) is 3.61. The van der Waals surface area contributed by atoms with Crippen molar-refractivity contribution in [3.63, 3.8) is 0 Å². The third kappa shape index (κ3) is 5.55. The van der Waals surface area contributed by atoms with Crippen LogP contribution in [0.1, 0.15) is 30.4 Å². The van der Waals surface area contributed by atoms with Crippen molar-refractivity contribution in [3.8, 4) is 0 Å². The monoisotopic (exact) mass is 340 g/mol. The average molecular weight is 340 g/mol. The van der Waals surface area contributed by atoms with Gasteiger partial charge in [-0.1, -0.05) is 6.42 Å². The molecule has 2 aromatic rings.